The number of aryl methyl sites for hydroxylation is 1. The van der Waals surface area contributed by atoms with Crippen LogP contribution in [-0.4, -0.2) is 35.6 Å². The first kappa shape index (κ1) is 12.0. The monoisotopic (exact) mass is 239 g/mol. The number of hydrogen-bond acceptors (Lipinski definition) is 4. The molecule has 1 N–H and O–H groups in total. The molecule has 2 rings (SSSR count). The molecule has 0 aliphatic carbocycles. The van der Waals surface area contributed by atoms with E-state index in [1.54, 1.807) is 0 Å². The fourth-order valence-corrected chi connectivity index (χ4v) is 3.06. The van der Waals surface area contributed by atoms with E-state index in [9.17, 15) is 0 Å². The van der Waals surface area contributed by atoms with Gasteiger partial charge >= 0.3 is 0 Å². The lowest BCUT2D eigenvalue weighted by Gasteiger charge is -2.36. The van der Waals surface area contributed by atoms with Crippen LogP contribution in [0.5, 0.6) is 0 Å². The molecule has 1 aromatic heterocycles. The molecule has 0 saturated carbocycles. The summed E-state index contributed by atoms with van der Waals surface area (Å²) < 4.78 is 0. The number of thiazole rings is 1. The first-order valence-electron chi connectivity index (χ1n) is 6.10. The van der Waals surface area contributed by atoms with E-state index in [-0.39, 0.29) is 0 Å². The Kier molecular flexibility index (Phi) is 3.95. The van der Waals surface area contributed by atoms with Crippen molar-refractivity contribution >= 4 is 11.3 Å². The van der Waals surface area contributed by atoms with Crippen molar-refractivity contribution in [1.29, 1.82) is 0 Å². The summed E-state index contributed by atoms with van der Waals surface area (Å²) in [4.78, 5) is 8.35. The molecule has 0 aromatic carbocycles. The molecule has 1 aromatic rings. The number of nitrogens with one attached hydrogen (secondary N) is 1. The summed E-state index contributed by atoms with van der Waals surface area (Å²) >= 11 is 1.83. The Morgan fingerprint density at radius 2 is 2.50 bits per heavy atom. The van der Waals surface area contributed by atoms with Crippen LogP contribution >= 0.6 is 11.3 Å². The van der Waals surface area contributed by atoms with E-state index in [1.165, 1.54) is 16.3 Å². The molecule has 1 fully saturated rings. The van der Waals surface area contributed by atoms with Crippen LogP contribution in [-0.2, 0) is 0 Å². The van der Waals surface area contributed by atoms with Crippen LogP contribution in [0.15, 0.2) is 6.20 Å². The van der Waals surface area contributed by atoms with Gasteiger partial charge in [-0.15, -0.1) is 11.3 Å². The van der Waals surface area contributed by atoms with E-state index >= 15 is 0 Å². The van der Waals surface area contributed by atoms with Gasteiger partial charge < -0.3 is 5.32 Å². The van der Waals surface area contributed by atoms with E-state index in [1.807, 2.05) is 17.5 Å². The lowest BCUT2D eigenvalue weighted by molar-refractivity contribution is 0.151. The number of aromatic nitrogens is 1. The lowest BCUT2D eigenvalue weighted by atomic mass is 10.1. The molecule has 90 valence electrons. The van der Waals surface area contributed by atoms with Crippen molar-refractivity contribution in [3.63, 3.8) is 0 Å². The number of piperazine rings is 1. The first-order valence-corrected chi connectivity index (χ1v) is 6.92. The molecule has 0 radical (unpaired) electrons. The Morgan fingerprint density at radius 3 is 3.12 bits per heavy atom. The van der Waals surface area contributed by atoms with Crippen molar-refractivity contribution in [2.75, 3.05) is 19.6 Å². The summed E-state index contributed by atoms with van der Waals surface area (Å²) in [6.45, 7) is 10.0. The summed E-state index contributed by atoms with van der Waals surface area (Å²) in [5.74, 6) is 0. The van der Waals surface area contributed by atoms with Crippen molar-refractivity contribution in [2.24, 2.45) is 0 Å². The molecule has 2 heterocycles. The second-order valence-corrected chi connectivity index (χ2v) is 5.81. The molecule has 0 amide bonds. The molecule has 1 saturated heterocycles. The van der Waals surface area contributed by atoms with Gasteiger partial charge in [-0.05, 0) is 20.3 Å². The number of rotatable bonds is 3. The molecule has 16 heavy (non-hydrogen) atoms. The predicted octanol–water partition coefficient (Wildman–Crippen LogP) is 2.20. The Hall–Kier alpha value is -0.450. The van der Waals surface area contributed by atoms with E-state index in [0.717, 1.165) is 19.6 Å². The normalized spacial score (nSPS) is 24.6. The highest BCUT2D eigenvalue weighted by Gasteiger charge is 2.24. The van der Waals surface area contributed by atoms with Gasteiger partial charge in [-0.2, -0.15) is 0 Å². The highest BCUT2D eigenvalue weighted by atomic mass is 32.1. The summed E-state index contributed by atoms with van der Waals surface area (Å²) in [5, 5.41) is 4.81. The minimum absolute atomic E-state index is 0.467. The van der Waals surface area contributed by atoms with Crippen LogP contribution in [0.4, 0.5) is 0 Å². The Labute approximate surface area is 102 Å². The minimum atomic E-state index is 0.467. The Morgan fingerprint density at radius 1 is 1.69 bits per heavy atom. The highest BCUT2D eigenvalue weighted by Crippen LogP contribution is 2.25. The smallest absolute Gasteiger partial charge is 0.110 e. The molecule has 2 unspecified atom stereocenters. The van der Waals surface area contributed by atoms with E-state index in [2.05, 4.69) is 36.0 Å². The van der Waals surface area contributed by atoms with Crippen molar-refractivity contribution in [1.82, 2.24) is 15.2 Å². The molecule has 1 aliphatic rings. The Balaban J connectivity index is 2.01. The molecule has 3 nitrogen and oxygen atoms in total. The zero-order chi connectivity index (χ0) is 11.5. The SMILES string of the molecule is CCC1CN(C(C)c2ncc(C)s2)CCN1. The van der Waals surface area contributed by atoms with E-state index in [0.29, 0.717) is 12.1 Å². The summed E-state index contributed by atoms with van der Waals surface area (Å²) in [7, 11) is 0. The Bertz CT molecular complexity index is 337. The van der Waals surface area contributed by atoms with Gasteiger partial charge in [-0.1, -0.05) is 6.92 Å². The van der Waals surface area contributed by atoms with Crippen LogP contribution in [0, 0.1) is 6.92 Å². The van der Waals surface area contributed by atoms with Crippen LogP contribution in [0.2, 0.25) is 0 Å². The lowest BCUT2D eigenvalue weighted by Crippen LogP contribution is -2.50. The van der Waals surface area contributed by atoms with E-state index < -0.39 is 0 Å². The quantitative estimate of drug-likeness (QED) is 0.876. The van der Waals surface area contributed by atoms with Crippen LogP contribution < -0.4 is 5.32 Å². The molecular formula is C12H21N3S. The van der Waals surface area contributed by atoms with Gasteiger partial charge in [-0.25, -0.2) is 4.98 Å². The maximum atomic E-state index is 4.50. The fraction of sp³-hybridized carbons (Fsp3) is 0.750. The van der Waals surface area contributed by atoms with Crippen molar-refractivity contribution in [2.45, 2.75) is 39.3 Å². The first-order chi connectivity index (χ1) is 7.70. The van der Waals surface area contributed by atoms with Gasteiger partial charge in [0.1, 0.15) is 5.01 Å². The summed E-state index contributed by atoms with van der Waals surface area (Å²) in [6.07, 6.45) is 3.19. The molecule has 1 aliphatic heterocycles. The summed E-state index contributed by atoms with van der Waals surface area (Å²) in [6, 6.07) is 1.12. The average Bonchev–Trinajstić information content (AvgIpc) is 2.75. The van der Waals surface area contributed by atoms with Crippen molar-refractivity contribution in [3.05, 3.63) is 16.1 Å². The number of nitrogens with zero attached hydrogens (tertiary/aromatic N) is 2. The molecule has 2 atom stereocenters. The second-order valence-electron chi connectivity index (χ2n) is 4.54. The topological polar surface area (TPSA) is 28.2 Å². The van der Waals surface area contributed by atoms with Gasteiger partial charge in [0.2, 0.25) is 0 Å². The number of hydrogen-bond donors (Lipinski definition) is 1. The predicted molar refractivity (Wildman–Crippen MR) is 68.9 cm³/mol. The molecule has 0 spiro atoms. The van der Waals surface area contributed by atoms with Crippen LogP contribution in [0.1, 0.15) is 36.2 Å². The third kappa shape index (κ3) is 2.62. The van der Waals surface area contributed by atoms with Gasteiger partial charge in [0.15, 0.2) is 0 Å². The fourth-order valence-electron chi connectivity index (χ4n) is 2.20. The van der Waals surface area contributed by atoms with Crippen LogP contribution in [0.25, 0.3) is 0 Å². The third-order valence-corrected chi connectivity index (χ3v) is 4.41. The maximum absolute atomic E-state index is 4.50. The maximum Gasteiger partial charge on any atom is 0.110 e. The van der Waals surface area contributed by atoms with Gasteiger partial charge in [0.25, 0.3) is 0 Å². The zero-order valence-corrected chi connectivity index (χ0v) is 11.2. The third-order valence-electron chi connectivity index (χ3n) is 3.32. The molecule has 4 heteroatoms. The minimum Gasteiger partial charge on any atom is -0.311 e. The molecule has 0 bridgehead atoms. The molecular weight excluding hydrogens is 218 g/mol. The van der Waals surface area contributed by atoms with Crippen LogP contribution in [0.3, 0.4) is 0 Å². The van der Waals surface area contributed by atoms with Crippen molar-refractivity contribution in [3.8, 4) is 0 Å². The summed E-state index contributed by atoms with van der Waals surface area (Å²) in [5.41, 5.74) is 0. The highest BCUT2D eigenvalue weighted by molar-refractivity contribution is 7.11. The van der Waals surface area contributed by atoms with Gasteiger partial charge in [0.05, 0.1) is 6.04 Å². The van der Waals surface area contributed by atoms with E-state index in [4.69, 9.17) is 0 Å². The second kappa shape index (κ2) is 5.25. The van der Waals surface area contributed by atoms with Gasteiger partial charge in [0, 0.05) is 36.8 Å². The average molecular weight is 239 g/mol. The zero-order valence-electron chi connectivity index (χ0n) is 10.4. The standard InChI is InChI=1S/C12H21N3S/c1-4-11-8-15(6-5-13-11)10(3)12-14-7-9(2)16-12/h7,10-11,13H,4-6,8H2,1-3H3. The van der Waals surface area contributed by atoms with Gasteiger partial charge in [-0.3, -0.25) is 4.90 Å². The van der Waals surface area contributed by atoms with Crippen molar-refractivity contribution < 1.29 is 0 Å². The largest absolute Gasteiger partial charge is 0.311 e.